The van der Waals surface area contributed by atoms with E-state index in [0.29, 0.717) is 38.8 Å². The van der Waals surface area contributed by atoms with Gasteiger partial charge in [0.15, 0.2) is 0 Å². The number of hydrogen-bond acceptors (Lipinski definition) is 4. The summed E-state index contributed by atoms with van der Waals surface area (Å²) < 4.78 is 28.7. The highest BCUT2D eigenvalue weighted by molar-refractivity contribution is 7.86. The number of piperidine rings is 1. The molecule has 0 radical (unpaired) electrons. The Balaban J connectivity index is 1.43. The number of hydrogen-bond donors (Lipinski definition) is 1. The molecule has 0 saturated carbocycles. The highest BCUT2D eigenvalue weighted by Gasteiger charge is 2.36. The zero-order valence-electron chi connectivity index (χ0n) is 19.0. The molecule has 1 amide bonds. The average molecular weight is 451 g/mol. The number of benzene rings is 1. The van der Waals surface area contributed by atoms with E-state index in [4.69, 9.17) is 0 Å². The van der Waals surface area contributed by atoms with E-state index in [9.17, 15) is 13.2 Å². The number of nitrogens with zero attached hydrogens (tertiary/aromatic N) is 3. The molecule has 2 saturated heterocycles. The van der Waals surface area contributed by atoms with Crippen LogP contribution in [0.25, 0.3) is 0 Å². The first kappa shape index (κ1) is 24.2. The summed E-state index contributed by atoms with van der Waals surface area (Å²) in [4.78, 5) is 15.1. The molecular weight excluding hydrogens is 412 g/mol. The smallest absolute Gasteiger partial charge is 0.281 e. The van der Waals surface area contributed by atoms with E-state index < -0.39 is 10.2 Å². The van der Waals surface area contributed by atoms with Gasteiger partial charge in [-0.25, -0.2) is 0 Å². The molecule has 2 aliphatic rings. The molecule has 2 fully saturated rings. The second-order valence-corrected chi connectivity index (χ2v) is 10.9. The van der Waals surface area contributed by atoms with E-state index in [1.165, 1.54) is 9.87 Å². The van der Waals surface area contributed by atoms with Crippen LogP contribution in [0, 0.1) is 5.92 Å². The van der Waals surface area contributed by atoms with Gasteiger partial charge in [0.25, 0.3) is 10.2 Å². The summed E-state index contributed by atoms with van der Waals surface area (Å²) in [7, 11) is -3.42. The Bertz CT molecular complexity index is 794. The lowest BCUT2D eigenvalue weighted by atomic mass is 9.99. The lowest BCUT2D eigenvalue weighted by molar-refractivity contribution is -0.126. The minimum absolute atomic E-state index is 0.0134. The van der Waals surface area contributed by atoms with Crippen LogP contribution in [0.15, 0.2) is 30.3 Å². The van der Waals surface area contributed by atoms with Crippen LogP contribution in [0.3, 0.4) is 0 Å². The molecule has 2 heterocycles. The minimum atomic E-state index is -3.42. The van der Waals surface area contributed by atoms with Crippen molar-refractivity contribution in [2.75, 3.05) is 39.3 Å². The van der Waals surface area contributed by atoms with Crippen LogP contribution in [0.1, 0.15) is 51.5 Å². The van der Waals surface area contributed by atoms with Gasteiger partial charge in [-0.15, -0.1) is 0 Å². The molecule has 0 bridgehead atoms. The molecule has 174 valence electrons. The molecule has 0 aromatic heterocycles. The summed E-state index contributed by atoms with van der Waals surface area (Å²) in [6, 6.07) is 10.9. The highest BCUT2D eigenvalue weighted by atomic mass is 32.2. The van der Waals surface area contributed by atoms with Crippen LogP contribution in [0.5, 0.6) is 0 Å². The third-order valence-corrected chi connectivity index (χ3v) is 8.35. The zero-order valence-corrected chi connectivity index (χ0v) is 19.8. The van der Waals surface area contributed by atoms with Crippen molar-refractivity contribution in [3.63, 3.8) is 0 Å². The number of rotatable bonds is 10. The maximum atomic E-state index is 12.8. The van der Waals surface area contributed by atoms with Crippen molar-refractivity contribution in [1.82, 2.24) is 18.8 Å². The maximum absolute atomic E-state index is 12.8. The van der Waals surface area contributed by atoms with Gasteiger partial charge in [0, 0.05) is 51.9 Å². The highest BCUT2D eigenvalue weighted by Crippen LogP contribution is 2.23. The quantitative estimate of drug-likeness (QED) is 0.556. The minimum Gasteiger partial charge on any atom is -0.356 e. The van der Waals surface area contributed by atoms with Gasteiger partial charge in [0.2, 0.25) is 5.91 Å². The van der Waals surface area contributed by atoms with Crippen molar-refractivity contribution in [2.45, 2.75) is 58.5 Å². The number of amides is 1. The first-order valence-electron chi connectivity index (χ1n) is 11.7. The molecule has 1 unspecified atom stereocenters. The second kappa shape index (κ2) is 11.4. The van der Waals surface area contributed by atoms with E-state index >= 15 is 0 Å². The first-order valence-corrected chi connectivity index (χ1v) is 13.1. The van der Waals surface area contributed by atoms with Crippen molar-refractivity contribution in [1.29, 1.82) is 0 Å². The van der Waals surface area contributed by atoms with Gasteiger partial charge in [-0.2, -0.15) is 17.0 Å². The van der Waals surface area contributed by atoms with Crippen LogP contribution in [0.2, 0.25) is 0 Å². The Morgan fingerprint density at radius 2 is 1.77 bits per heavy atom. The number of carbonyl (C=O) groups is 1. The van der Waals surface area contributed by atoms with E-state index in [1.807, 2.05) is 6.07 Å². The predicted octanol–water partition coefficient (Wildman–Crippen LogP) is 2.46. The number of carbonyl (C=O) groups excluding carboxylic acids is 1. The van der Waals surface area contributed by atoms with Crippen molar-refractivity contribution in [2.24, 2.45) is 5.92 Å². The fourth-order valence-corrected chi connectivity index (χ4v) is 6.20. The lowest BCUT2D eigenvalue weighted by Crippen LogP contribution is -2.50. The molecule has 3 rings (SSSR count). The largest absolute Gasteiger partial charge is 0.356 e. The molecule has 31 heavy (non-hydrogen) atoms. The average Bonchev–Trinajstić information content (AvgIpc) is 3.32. The molecule has 1 aromatic rings. The van der Waals surface area contributed by atoms with Crippen LogP contribution in [-0.2, 0) is 21.5 Å². The molecule has 0 aliphatic carbocycles. The van der Waals surface area contributed by atoms with Gasteiger partial charge in [-0.05, 0) is 51.5 Å². The standard InChI is InChI=1S/C23H38N4O3S/c1-20(2)25(18-21-10-4-3-5-11-21)14-9-13-24-23(28)22-12-8-17-27(19-22)31(29,30)26-15-6-7-16-26/h3-5,10-11,20,22H,6-9,12-19H2,1-2H3,(H,24,28). The van der Waals surface area contributed by atoms with E-state index in [0.717, 1.165) is 45.2 Å². The molecule has 1 N–H and O–H groups in total. The summed E-state index contributed by atoms with van der Waals surface area (Å²) >= 11 is 0. The molecule has 1 atom stereocenters. The summed E-state index contributed by atoms with van der Waals surface area (Å²) in [6.07, 6.45) is 4.22. The number of nitrogens with one attached hydrogen (secondary N) is 1. The fraction of sp³-hybridized carbons (Fsp3) is 0.696. The normalized spacial score (nSPS) is 21.1. The Kier molecular flexibility index (Phi) is 8.89. The van der Waals surface area contributed by atoms with Crippen molar-refractivity contribution >= 4 is 16.1 Å². The summed E-state index contributed by atoms with van der Waals surface area (Å²) in [6.45, 7) is 8.84. The van der Waals surface area contributed by atoms with Gasteiger partial charge in [0.1, 0.15) is 0 Å². The molecule has 2 aliphatic heterocycles. The van der Waals surface area contributed by atoms with Crippen LogP contribution in [-0.4, -0.2) is 73.1 Å². The molecule has 0 spiro atoms. The lowest BCUT2D eigenvalue weighted by Gasteiger charge is -2.33. The van der Waals surface area contributed by atoms with Crippen LogP contribution in [0.4, 0.5) is 0 Å². The maximum Gasteiger partial charge on any atom is 0.281 e. The summed E-state index contributed by atoms with van der Waals surface area (Å²) in [5.74, 6) is -0.267. The first-order chi connectivity index (χ1) is 14.9. The third-order valence-electron chi connectivity index (χ3n) is 6.35. The molecule has 1 aromatic carbocycles. The Hall–Kier alpha value is -1.48. The van der Waals surface area contributed by atoms with E-state index in [2.05, 4.69) is 48.3 Å². The Labute approximate surface area is 188 Å². The Morgan fingerprint density at radius 1 is 1.10 bits per heavy atom. The van der Waals surface area contributed by atoms with E-state index in [1.54, 1.807) is 4.31 Å². The van der Waals surface area contributed by atoms with Crippen LogP contribution < -0.4 is 5.32 Å². The molecule has 8 heteroatoms. The van der Waals surface area contributed by atoms with Gasteiger partial charge in [0.05, 0.1) is 5.92 Å². The summed E-state index contributed by atoms with van der Waals surface area (Å²) in [5.41, 5.74) is 1.29. The van der Waals surface area contributed by atoms with Crippen molar-refractivity contribution in [3.8, 4) is 0 Å². The molecule has 7 nitrogen and oxygen atoms in total. The van der Waals surface area contributed by atoms with Gasteiger partial charge < -0.3 is 5.32 Å². The van der Waals surface area contributed by atoms with E-state index in [-0.39, 0.29) is 11.8 Å². The van der Waals surface area contributed by atoms with Gasteiger partial charge in [-0.1, -0.05) is 30.3 Å². The van der Waals surface area contributed by atoms with Crippen molar-refractivity contribution in [3.05, 3.63) is 35.9 Å². The van der Waals surface area contributed by atoms with Crippen LogP contribution >= 0.6 is 0 Å². The Morgan fingerprint density at radius 3 is 2.45 bits per heavy atom. The second-order valence-electron chi connectivity index (χ2n) is 9.01. The van der Waals surface area contributed by atoms with Crippen molar-refractivity contribution < 1.29 is 13.2 Å². The predicted molar refractivity (Wildman–Crippen MR) is 124 cm³/mol. The van der Waals surface area contributed by atoms with Gasteiger partial charge in [-0.3, -0.25) is 9.69 Å². The third kappa shape index (κ3) is 6.75. The van der Waals surface area contributed by atoms with Gasteiger partial charge >= 0.3 is 0 Å². The zero-order chi connectivity index (χ0) is 22.3. The fourth-order valence-electron chi connectivity index (χ4n) is 4.42. The topological polar surface area (TPSA) is 73.0 Å². The monoisotopic (exact) mass is 450 g/mol. The summed E-state index contributed by atoms with van der Waals surface area (Å²) in [5, 5.41) is 3.05. The SMILES string of the molecule is CC(C)N(CCCNC(=O)C1CCCN(S(=O)(=O)N2CCCC2)C1)Cc1ccccc1. The molecular formula is C23H38N4O3S.